The van der Waals surface area contributed by atoms with Gasteiger partial charge in [0, 0.05) is 37.6 Å². The fourth-order valence-electron chi connectivity index (χ4n) is 3.94. The number of hydrogen-bond donors (Lipinski definition) is 0. The summed E-state index contributed by atoms with van der Waals surface area (Å²) < 4.78 is 10.7. The Morgan fingerprint density at radius 3 is 2.46 bits per heavy atom. The van der Waals surface area contributed by atoms with E-state index in [1.165, 1.54) is 22.4 Å². The number of nitrogens with zero attached hydrogens (tertiary/aromatic N) is 2. The van der Waals surface area contributed by atoms with Gasteiger partial charge in [0.2, 0.25) is 0 Å². The standard InChI is InChI=1S/C21H26N2O3S.ClH/c1-25-17-7-6-15(12-18(17)26-2)14-22-8-10-23(11-9-22)21(24)20-13-16-4-3-5-19(16)27-20;/h6-7,12-13H,3-5,8-11,14H2,1-2H3;1H. The molecule has 0 bridgehead atoms. The van der Waals surface area contributed by atoms with Crippen LogP contribution < -0.4 is 9.47 Å². The molecule has 1 fully saturated rings. The van der Waals surface area contributed by atoms with E-state index in [0.29, 0.717) is 0 Å². The zero-order chi connectivity index (χ0) is 18.8. The zero-order valence-corrected chi connectivity index (χ0v) is 18.0. The van der Waals surface area contributed by atoms with Crippen molar-refractivity contribution in [1.29, 1.82) is 0 Å². The first-order valence-electron chi connectivity index (χ1n) is 9.52. The molecule has 1 amide bonds. The van der Waals surface area contributed by atoms with E-state index >= 15 is 0 Å². The van der Waals surface area contributed by atoms with Crippen LogP contribution in [0, 0.1) is 0 Å². The molecule has 2 aromatic rings. The number of aryl methyl sites for hydroxylation is 2. The van der Waals surface area contributed by atoms with Crippen LogP contribution >= 0.6 is 23.7 Å². The third-order valence-electron chi connectivity index (χ3n) is 5.47. The Hall–Kier alpha value is -1.76. The normalized spacial score (nSPS) is 16.4. The van der Waals surface area contributed by atoms with Crippen molar-refractivity contribution in [2.24, 2.45) is 0 Å². The number of methoxy groups -OCH3 is 2. The molecule has 0 spiro atoms. The molecule has 1 aliphatic carbocycles. The molecule has 1 saturated heterocycles. The highest BCUT2D eigenvalue weighted by Crippen LogP contribution is 2.31. The van der Waals surface area contributed by atoms with Crippen LogP contribution in [0.5, 0.6) is 11.5 Å². The summed E-state index contributed by atoms with van der Waals surface area (Å²) >= 11 is 1.70. The number of ether oxygens (including phenoxy) is 2. The third-order valence-corrected chi connectivity index (χ3v) is 6.70. The summed E-state index contributed by atoms with van der Waals surface area (Å²) in [5.74, 6) is 1.72. The van der Waals surface area contributed by atoms with Crippen LogP contribution in [0.3, 0.4) is 0 Å². The van der Waals surface area contributed by atoms with E-state index in [4.69, 9.17) is 9.47 Å². The van der Waals surface area contributed by atoms with Gasteiger partial charge in [-0.1, -0.05) is 6.07 Å². The Morgan fingerprint density at radius 2 is 1.79 bits per heavy atom. The molecule has 0 atom stereocenters. The second-order valence-corrected chi connectivity index (χ2v) is 8.31. The lowest BCUT2D eigenvalue weighted by Gasteiger charge is -2.34. The van der Waals surface area contributed by atoms with Gasteiger partial charge in [-0.25, -0.2) is 0 Å². The highest BCUT2D eigenvalue weighted by Gasteiger charge is 2.25. The highest BCUT2D eigenvalue weighted by atomic mass is 35.5. The lowest BCUT2D eigenvalue weighted by atomic mass is 10.1. The molecule has 28 heavy (non-hydrogen) atoms. The number of hydrogen-bond acceptors (Lipinski definition) is 5. The minimum absolute atomic E-state index is 0. The van der Waals surface area contributed by atoms with E-state index < -0.39 is 0 Å². The molecule has 5 nitrogen and oxygen atoms in total. The lowest BCUT2D eigenvalue weighted by molar-refractivity contribution is 0.0633. The van der Waals surface area contributed by atoms with Gasteiger partial charge in [-0.15, -0.1) is 23.7 Å². The quantitative estimate of drug-likeness (QED) is 0.737. The molecule has 0 radical (unpaired) electrons. The molecule has 1 aromatic carbocycles. The van der Waals surface area contributed by atoms with E-state index in [-0.39, 0.29) is 18.3 Å². The summed E-state index contributed by atoms with van der Waals surface area (Å²) in [6.07, 6.45) is 3.52. The van der Waals surface area contributed by atoms with Crippen molar-refractivity contribution >= 4 is 29.7 Å². The Bertz CT molecular complexity index is 810. The highest BCUT2D eigenvalue weighted by molar-refractivity contribution is 7.14. The fraction of sp³-hybridized carbons (Fsp3) is 0.476. The third kappa shape index (κ3) is 4.29. The number of halogens is 1. The Kier molecular flexibility index (Phi) is 6.86. The van der Waals surface area contributed by atoms with Crippen molar-refractivity contribution in [2.75, 3.05) is 40.4 Å². The van der Waals surface area contributed by atoms with Crippen molar-refractivity contribution in [3.8, 4) is 11.5 Å². The van der Waals surface area contributed by atoms with E-state index in [1.807, 2.05) is 17.0 Å². The minimum atomic E-state index is 0. The number of carbonyl (C=O) groups excluding carboxylic acids is 1. The van der Waals surface area contributed by atoms with Crippen LogP contribution in [0.1, 0.15) is 32.1 Å². The van der Waals surface area contributed by atoms with E-state index in [1.54, 1.807) is 25.6 Å². The van der Waals surface area contributed by atoms with Gasteiger partial charge < -0.3 is 14.4 Å². The maximum atomic E-state index is 12.8. The lowest BCUT2D eigenvalue weighted by Crippen LogP contribution is -2.48. The second kappa shape index (κ2) is 9.16. The van der Waals surface area contributed by atoms with Crippen molar-refractivity contribution in [1.82, 2.24) is 9.80 Å². The predicted molar refractivity (Wildman–Crippen MR) is 114 cm³/mol. The molecule has 152 valence electrons. The summed E-state index contributed by atoms with van der Waals surface area (Å²) in [4.78, 5) is 19.6. The van der Waals surface area contributed by atoms with E-state index in [9.17, 15) is 4.79 Å². The van der Waals surface area contributed by atoms with Gasteiger partial charge in [-0.05, 0) is 48.6 Å². The van der Waals surface area contributed by atoms with Gasteiger partial charge in [0.15, 0.2) is 11.5 Å². The van der Waals surface area contributed by atoms with Crippen LogP contribution in [-0.2, 0) is 19.4 Å². The molecule has 1 aliphatic heterocycles. The summed E-state index contributed by atoms with van der Waals surface area (Å²) in [6.45, 7) is 4.22. The predicted octanol–water partition coefficient (Wildman–Crippen LogP) is 3.63. The molecule has 4 rings (SSSR count). The number of benzene rings is 1. The van der Waals surface area contributed by atoms with Gasteiger partial charge in [0.05, 0.1) is 19.1 Å². The van der Waals surface area contributed by atoms with Gasteiger partial charge in [-0.3, -0.25) is 9.69 Å². The minimum Gasteiger partial charge on any atom is -0.493 e. The summed E-state index contributed by atoms with van der Waals surface area (Å²) in [5, 5.41) is 0. The summed E-state index contributed by atoms with van der Waals surface area (Å²) in [7, 11) is 3.31. The number of fused-ring (bicyclic) bond motifs is 1. The number of carbonyl (C=O) groups is 1. The number of piperazine rings is 1. The number of thiophene rings is 1. The van der Waals surface area contributed by atoms with Crippen LogP contribution in [0.25, 0.3) is 0 Å². The first-order valence-corrected chi connectivity index (χ1v) is 10.3. The molecule has 0 saturated carbocycles. The Morgan fingerprint density at radius 1 is 1.04 bits per heavy atom. The molecule has 2 aliphatic rings. The molecule has 1 aromatic heterocycles. The molecular formula is C21H27ClN2O3S. The summed E-state index contributed by atoms with van der Waals surface area (Å²) in [6, 6.07) is 8.19. The Labute approximate surface area is 176 Å². The fourth-order valence-corrected chi connectivity index (χ4v) is 5.16. The van der Waals surface area contributed by atoms with E-state index in [2.05, 4.69) is 17.0 Å². The molecule has 2 heterocycles. The SMILES string of the molecule is COc1ccc(CN2CCN(C(=O)c3cc4c(s3)CCC4)CC2)cc1OC.Cl. The molecule has 0 unspecified atom stereocenters. The van der Waals surface area contributed by atoms with Crippen molar-refractivity contribution in [3.63, 3.8) is 0 Å². The maximum absolute atomic E-state index is 12.8. The number of rotatable bonds is 5. The van der Waals surface area contributed by atoms with Crippen LogP contribution in [0.15, 0.2) is 24.3 Å². The topological polar surface area (TPSA) is 42.0 Å². The first kappa shape index (κ1) is 21.0. The van der Waals surface area contributed by atoms with Crippen molar-refractivity contribution in [3.05, 3.63) is 45.1 Å². The van der Waals surface area contributed by atoms with Crippen molar-refractivity contribution in [2.45, 2.75) is 25.8 Å². The average Bonchev–Trinajstić information content (AvgIpc) is 3.30. The second-order valence-electron chi connectivity index (χ2n) is 7.17. The number of amides is 1. The van der Waals surface area contributed by atoms with Gasteiger partial charge in [-0.2, -0.15) is 0 Å². The van der Waals surface area contributed by atoms with Gasteiger partial charge >= 0.3 is 0 Å². The van der Waals surface area contributed by atoms with Crippen LogP contribution in [-0.4, -0.2) is 56.1 Å². The molecule has 0 N–H and O–H groups in total. The first-order chi connectivity index (χ1) is 13.2. The van der Waals surface area contributed by atoms with Crippen LogP contribution in [0.4, 0.5) is 0 Å². The van der Waals surface area contributed by atoms with Crippen LogP contribution in [0.2, 0.25) is 0 Å². The van der Waals surface area contributed by atoms with Gasteiger partial charge in [0.1, 0.15) is 0 Å². The van der Waals surface area contributed by atoms with Gasteiger partial charge in [0.25, 0.3) is 5.91 Å². The largest absolute Gasteiger partial charge is 0.493 e. The summed E-state index contributed by atoms with van der Waals surface area (Å²) in [5.41, 5.74) is 2.59. The molecule has 7 heteroatoms. The smallest absolute Gasteiger partial charge is 0.264 e. The van der Waals surface area contributed by atoms with Crippen molar-refractivity contribution < 1.29 is 14.3 Å². The zero-order valence-electron chi connectivity index (χ0n) is 16.4. The Balaban J connectivity index is 0.00000225. The monoisotopic (exact) mass is 422 g/mol. The average molecular weight is 423 g/mol. The van der Waals surface area contributed by atoms with E-state index in [0.717, 1.165) is 61.9 Å². The molecular weight excluding hydrogens is 396 g/mol. The maximum Gasteiger partial charge on any atom is 0.264 e.